The van der Waals surface area contributed by atoms with Gasteiger partial charge in [-0.15, -0.1) is 0 Å². The molecule has 3 nitrogen and oxygen atoms in total. The van der Waals surface area contributed by atoms with Crippen LogP contribution >= 0.6 is 0 Å². The Morgan fingerprint density at radius 3 is 2.71 bits per heavy atom. The van der Waals surface area contributed by atoms with Gasteiger partial charge in [-0.3, -0.25) is 0 Å². The summed E-state index contributed by atoms with van der Waals surface area (Å²) in [7, 11) is 1.64. The smallest absolute Gasteiger partial charge is 0.396 e. The fourth-order valence-electron chi connectivity index (χ4n) is 2.17. The standard InChI is InChI=1S/C15H18F3NO2/c1-10(20-2)11-4-3-5-13(8-11)21-14-7-6-12(9-19-14)15(16,17)18/h3-5,7,9-12H,6,8H2,1-2H3. The number of allylic oxidation sites excluding steroid dienone is 4. The van der Waals surface area contributed by atoms with E-state index < -0.39 is 12.1 Å². The molecule has 1 heterocycles. The highest BCUT2D eigenvalue weighted by molar-refractivity contribution is 5.64. The van der Waals surface area contributed by atoms with Gasteiger partial charge in [-0.05, 0) is 25.5 Å². The Morgan fingerprint density at radius 1 is 1.38 bits per heavy atom. The molecule has 6 heteroatoms. The summed E-state index contributed by atoms with van der Waals surface area (Å²) >= 11 is 0. The molecule has 0 saturated heterocycles. The second-order valence-corrected chi connectivity index (χ2v) is 5.13. The summed E-state index contributed by atoms with van der Waals surface area (Å²) < 4.78 is 48.4. The lowest BCUT2D eigenvalue weighted by Gasteiger charge is -2.24. The van der Waals surface area contributed by atoms with E-state index in [2.05, 4.69) is 4.99 Å². The minimum atomic E-state index is -4.25. The Morgan fingerprint density at radius 2 is 2.14 bits per heavy atom. The van der Waals surface area contributed by atoms with E-state index in [1.165, 1.54) is 6.08 Å². The van der Waals surface area contributed by atoms with Crippen LogP contribution in [0.1, 0.15) is 19.8 Å². The molecule has 2 rings (SSSR count). The van der Waals surface area contributed by atoms with Gasteiger partial charge in [0.25, 0.3) is 0 Å². The van der Waals surface area contributed by atoms with Crippen molar-refractivity contribution in [3.05, 3.63) is 35.9 Å². The Labute approximate surface area is 121 Å². The van der Waals surface area contributed by atoms with E-state index >= 15 is 0 Å². The summed E-state index contributed by atoms with van der Waals surface area (Å²) in [6, 6.07) is 0. The fourth-order valence-corrected chi connectivity index (χ4v) is 2.17. The number of nitrogens with zero attached hydrogens (tertiary/aromatic N) is 1. The van der Waals surface area contributed by atoms with Gasteiger partial charge in [0.05, 0.1) is 12.0 Å². The maximum Gasteiger partial charge on any atom is 0.396 e. The van der Waals surface area contributed by atoms with E-state index in [-0.39, 0.29) is 24.3 Å². The number of hydrogen-bond donors (Lipinski definition) is 0. The molecule has 1 aliphatic carbocycles. The molecule has 0 aromatic heterocycles. The van der Waals surface area contributed by atoms with Crippen LogP contribution in [0.25, 0.3) is 0 Å². The van der Waals surface area contributed by atoms with Crippen LogP contribution in [0.4, 0.5) is 13.2 Å². The van der Waals surface area contributed by atoms with Crippen molar-refractivity contribution in [3.63, 3.8) is 0 Å². The molecule has 0 spiro atoms. The third kappa shape index (κ3) is 4.20. The largest absolute Gasteiger partial charge is 0.444 e. The Kier molecular flexibility index (Phi) is 4.88. The number of rotatable bonds is 4. The van der Waals surface area contributed by atoms with Crippen molar-refractivity contribution in [2.24, 2.45) is 16.8 Å². The first-order valence-electron chi connectivity index (χ1n) is 6.79. The van der Waals surface area contributed by atoms with Crippen molar-refractivity contribution >= 4 is 6.21 Å². The highest BCUT2D eigenvalue weighted by atomic mass is 19.4. The minimum Gasteiger partial charge on any atom is -0.444 e. The molecule has 0 aromatic carbocycles. The van der Waals surface area contributed by atoms with Gasteiger partial charge in [0.15, 0.2) is 0 Å². The van der Waals surface area contributed by atoms with Crippen molar-refractivity contribution in [2.45, 2.75) is 32.0 Å². The highest BCUT2D eigenvalue weighted by Gasteiger charge is 2.38. The fraction of sp³-hybridized carbons (Fsp3) is 0.533. The van der Waals surface area contributed by atoms with Crippen LogP contribution in [0, 0.1) is 11.8 Å². The van der Waals surface area contributed by atoms with Gasteiger partial charge in [-0.1, -0.05) is 12.2 Å². The lowest BCUT2D eigenvalue weighted by atomic mass is 9.94. The summed E-state index contributed by atoms with van der Waals surface area (Å²) in [6.07, 6.45) is 4.28. The normalized spacial score (nSPS) is 27.1. The van der Waals surface area contributed by atoms with Crippen molar-refractivity contribution in [3.8, 4) is 0 Å². The zero-order valence-electron chi connectivity index (χ0n) is 11.9. The average molecular weight is 301 g/mol. The molecule has 0 radical (unpaired) electrons. The van der Waals surface area contributed by atoms with E-state index in [1.54, 1.807) is 13.2 Å². The van der Waals surface area contributed by atoms with E-state index in [4.69, 9.17) is 9.47 Å². The number of halogens is 3. The SMILES string of the molecule is COC(C)C1C=CC=C(OC2=CCC(C(F)(F)F)C=N2)C1. The molecular formula is C15H18F3NO2. The molecule has 3 atom stereocenters. The third-order valence-corrected chi connectivity index (χ3v) is 3.64. The molecule has 0 bridgehead atoms. The molecule has 1 aliphatic heterocycles. The number of methoxy groups -OCH3 is 1. The Balaban J connectivity index is 1.92. The lowest BCUT2D eigenvalue weighted by molar-refractivity contribution is -0.153. The van der Waals surface area contributed by atoms with E-state index in [0.29, 0.717) is 12.2 Å². The Hall–Kier alpha value is -1.56. The van der Waals surface area contributed by atoms with Crippen LogP contribution < -0.4 is 0 Å². The summed E-state index contributed by atoms with van der Waals surface area (Å²) in [4.78, 5) is 3.76. The first kappa shape index (κ1) is 15.8. The molecule has 3 unspecified atom stereocenters. The zero-order chi connectivity index (χ0) is 15.5. The van der Waals surface area contributed by atoms with Gasteiger partial charge >= 0.3 is 6.18 Å². The van der Waals surface area contributed by atoms with E-state index in [1.807, 2.05) is 19.1 Å². The first-order valence-corrected chi connectivity index (χ1v) is 6.79. The van der Waals surface area contributed by atoms with Crippen molar-refractivity contribution in [2.75, 3.05) is 7.11 Å². The minimum absolute atomic E-state index is 0.0481. The number of ether oxygens (including phenoxy) is 2. The predicted molar refractivity (Wildman–Crippen MR) is 73.6 cm³/mol. The Bertz CT molecular complexity index is 492. The molecule has 116 valence electrons. The van der Waals surface area contributed by atoms with Gasteiger partial charge in [0, 0.05) is 25.7 Å². The maximum atomic E-state index is 12.5. The maximum absolute atomic E-state index is 12.5. The van der Waals surface area contributed by atoms with E-state index in [0.717, 1.165) is 6.21 Å². The monoisotopic (exact) mass is 301 g/mol. The second kappa shape index (κ2) is 6.47. The molecule has 0 saturated carbocycles. The van der Waals surface area contributed by atoms with Crippen LogP contribution in [-0.2, 0) is 9.47 Å². The van der Waals surface area contributed by atoms with Crippen LogP contribution in [0.2, 0.25) is 0 Å². The first-order chi connectivity index (χ1) is 9.90. The molecule has 0 aromatic rings. The van der Waals surface area contributed by atoms with Crippen LogP contribution in [0.5, 0.6) is 0 Å². The summed E-state index contributed by atoms with van der Waals surface area (Å²) in [5.74, 6) is -0.432. The van der Waals surface area contributed by atoms with Gasteiger partial charge < -0.3 is 9.47 Å². The number of alkyl halides is 3. The molecule has 2 aliphatic rings. The van der Waals surface area contributed by atoms with E-state index in [9.17, 15) is 13.2 Å². The van der Waals surface area contributed by atoms with Gasteiger partial charge in [0.1, 0.15) is 5.76 Å². The lowest BCUT2D eigenvalue weighted by Crippen LogP contribution is -2.25. The quantitative estimate of drug-likeness (QED) is 0.786. The molecule has 0 N–H and O–H groups in total. The third-order valence-electron chi connectivity index (χ3n) is 3.64. The molecule has 0 fully saturated rings. The number of aliphatic imine (C=N–C) groups is 1. The van der Waals surface area contributed by atoms with Crippen LogP contribution in [0.3, 0.4) is 0 Å². The van der Waals surface area contributed by atoms with Gasteiger partial charge in [-0.2, -0.15) is 13.2 Å². The van der Waals surface area contributed by atoms with Crippen molar-refractivity contribution in [1.29, 1.82) is 0 Å². The predicted octanol–water partition coefficient (Wildman–Crippen LogP) is 3.99. The summed E-state index contributed by atoms with van der Waals surface area (Å²) in [5.41, 5.74) is 0. The van der Waals surface area contributed by atoms with Crippen LogP contribution in [0.15, 0.2) is 40.9 Å². The molecular weight excluding hydrogens is 283 g/mol. The van der Waals surface area contributed by atoms with Crippen molar-refractivity contribution < 1.29 is 22.6 Å². The highest BCUT2D eigenvalue weighted by Crippen LogP contribution is 2.32. The van der Waals surface area contributed by atoms with Gasteiger partial charge in [-0.25, -0.2) is 4.99 Å². The average Bonchev–Trinajstić information content (AvgIpc) is 2.46. The second-order valence-electron chi connectivity index (χ2n) is 5.13. The van der Waals surface area contributed by atoms with Crippen LogP contribution in [-0.4, -0.2) is 25.6 Å². The molecule has 21 heavy (non-hydrogen) atoms. The van der Waals surface area contributed by atoms with Gasteiger partial charge in [0.2, 0.25) is 5.88 Å². The number of hydrogen-bond acceptors (Lipinski definition) is 3. The molecule has 0 amide bonds. The summed E-state index contributed by atoms with van der Waals surface area (Å²) in [6.45, 7) is 1.96. The zero-order valence-corrected chi connectivity index (χ0v) is 11.9. The van der Waals surface area contributed by atoms with Crippen molar-refractivity contribution in [1.82, 2.24) is 0 Å². The summed E-state index contributed by atoms with van der Waals surface area (Å²) in [5, 5.41) is 0. The topological polar surface area (TPSA) is 30.8 Å².